The predicted octanol–water partition coefficient (Wildman–Crippen LogP) is 7.40. The highest BCUT2D eigenvalue weighted by molar-refractivity contribution is 5.89. The molecule has 1 aliphatic rings. The number of ether oxygens (including phenoxy) is 1. The Morgan fingerprint density at radius 1 is 0.667 bits per heavy atom. The fraction of sp³-hybridized carbons (Fsp3) is 0.194. The highest BCUT2D eigenvalue weighted by atomic mass is 16.5. The lowest BCUT2D eigenvalue weighted by atomic mass is 9.98. The van der Waals surface area contributed by atoms with E-state index in [1.165, 1.54) is 28.3 Å². The molecule has 0 spiro atoms. The van der Waals surface area contributed by atoms with Crippen LogP contribution in [0.15, 0.2) is 91.0 Å². The Hall–Kier alpha value is -3.83. The first-order chi connectivity index (χ1) is 16.2. The Balaban J connectivity index is 1.25. The van der Waals surface area contributed by atoms with Crippen LogP contribution in [0.25, 0.3) is 21.9 Å². The van der Waals surface area contributed by atoms with E-state index in [4.69, 9.17) is 4.74 Å². The summed E-state index contributed by atoms with van der Waals surface area (Å²) in [6.45, 7) is 0. The molecule has 1 aliphatic carbocycles. The molecule has 0 atom stereocenters. The standard InChI is InChI=1S/C31H26O2/c32-31(33-30-8-2-1-3-9-30)27-18-14-24(15-19-27)11-10-23-12-16-26(17-13-23)29-21-20-25-6-4-5-7-28(25)22-29/h4-7,12-22,30H,1-3,8-9H2. The molecule has 0 amide bonds. The molecule has 4 aromatic carbocycles. The zero-order chi connectivity index (χ0) is 22.5. The second-order valence-corrected chi connectivity index (χ2v) is 8.63. The average molecular weight is 431 g/mol. The van der Waals surface area contributed by atoms with E-state index in [2.05, 4.69) is 66.4 Å². The summed E-state index contributed by atoms with van der Waals surface area (Å²) in [6, 6.07) is 30.6. The number of rotatable bonds is 3. The van der Waals surface area contributed by atoms with Crippen molar-refractivity contribution in [2.45, 2.75) is 38.2 Å². The first-order valence-corrected chi connectivity index (χ1v) is 11.7. The lowest BCUT2D eigenvalue weighted by Crippen LogP contribution is -2.20. The molecule has 0 aliphatic heterocycles. The summed E-state index contributed by atoms with van der Waals surface area (Å²) < 4.78 is 5.64. The third-order valence-corrected chi connectivity index (χ3v) is 6.27. The van der Waals surface area contributed by atoms with E-state index in [1.807, 2.05) is 24.3 Å². The van der Waals surface area contributed by atoms with Gasteiger partial charge in [-0.05, 0) is 90.0 Å². The maximum absolute atomic E-state index is 12.4. The highest BCUT2D eigenvalue weighted by Crippen LogP contribution is 2.25. The van der Waals surface area contributed by atoms with Crippen molar-refractivity contribution in [1.82, 2.24) is 0 Å². The quantitative estimate of drug-likeness (QED) is 0.250. The molecule has 1 fully saturated rings. The van der Waals surface area contributed by atoms with E-state index < -0.39 is 0 Å². The number of fused-ring (bicyclic) bond motifs is 1. The van der Waals surface area contributed by atoms with Crippen LogP contribution in [-0.2, 0) is 4.74 Å². The van der Waals surface area contributed by atoms with E-state index in [0.29, 0.717) is 5.56 Å². The maximum atomic E-state index is 12.4. The van der Waals surface area contributed by atoms with Gasteiger partial charge in [0.2, 0.25) is 0 Å². The van der Waals surface area contributed by atoms with E-state index in [0.717, 1.165) is 36.8 Å². The van der Waals surface area contributed by atoms with E-state index in [-0.39, 0.29) is 12.1 Å². The summed E-state index contributed by atoms with van der Waals surface area (Å²) >= 11 is 0. The van der Waals surface area contributed by atoms with Gasteiger partial charge in [-0.3, -0.25) is 0 Å². The Kier molecular flexibility index (Phi) is 6.22. The second kappa shape index (κ2) is 9.76. The Morgan fingerprint density at radius 3 is 1.97 bits per heavy atom. The van der Waals surface area contributed by atoms with Crippen molar-refractivity contribution < 1.29 is 9.53 Å². The van der Waals surface area contributed by atoms with Gasteiger partial charge < -0.3 is 4.74 Å². The van der Waals surface area contributed by atoms with Gasteiger partial charge in [-0.1, -0.05) is 66.8 Å². The molecule has 0 saturated heterocycles. The predicted molar refractivity (Wildman–Crippen MR) is 134 cm³/mol. The molecular formula is C31H26O2. The summed E-state index contributed by atoms with van der Waals surface area (Å²) in [6.07, 6.45) is 5.58. The van der Waals surface area contributed by atoms with Gasteiger partial charge >= 0.3 is 5.97 Å². The third kappa shape index (κ3) is 5.16. The molecule has 2 heteroatoms. The van der Waals surface area contributed by atoms with Crippen LogP contribution < -0.4 is 0 Å². The summed E-state index contributed by atoms with van der Waals surface area (Å²) in [5.41, 5.74) is 4.80. The lowest BCUT2D eigenvalue weighted by molar-refractivity contribution is 0.0211. The molecule has 162 valence electrons. The molecule has 1 saturated carbocycles. The smallest absolute Gasteiger partial charge is 0.338 e. The Labute approximate surface area is 195 Å². The number of carbonyl (C=O) groups is 1. The first kappa shape index (κ1) is 21.0. The van der Waals surface area contributed by atoms with Crippen molar-refractivity contribution in [3.8, 4) is 23.0 Å². The van der Waals surface area contributed by atoms with Gasteiger partial charge in [-0.25, -0.2) is 4.79 Å². The van der Waals surface area contributed by atoms with Crippen LogP contribution in [0.5, 0.6) is 0 Å². The number of benzene rings is 4. The van der Waals surface area contributed by atoms with Crippen molar-refractivity contribution in [1.29, 1.82) is 0 Å². The van der Waals surface area contributed by atoms with Crippen LogP contribution in [0.1, 0.15) is 53.6 Å². The molecule has 0 aromatic heterocycles. The lowest BCUT2D eigenvalue weighted by Gasteiger charge is -2.21. The second-order valence-electron chi connectivity index (χ2n) is 8.63. The fourth-order valence-electron chi connectivity index (χ4n) is 4.35. The minimum atomic E-state index is -0.231. The van der Waals surface area contributed by atoms with Crippen molar-refractivity contribution in [3.05, 3.63) is 108 Å². The van der Waals surface area contributed by atoms with Crippen LogP contribution in [-0.4, -0.2) is 12.1 Å². The first-order valence-electron chi connectivity index (χ1n) is 11.7. The highest BCUT2D eigenvalue weighted by Gasteiger charge is 2.18. The third-order valence-electron chi connectivity index (χ3n) is 6.27. The molecule has 0 heterocycles. The summed E-state index contributed by atoms with van der Waals surface area (Å²) in [4.78, 5) is 12.4. The minimum Gasteiger partial charge on any atom is -0.459 e. The zero-order valence-electron chi connectivity index (χ0n) is 18.6. The summed E-state index contributed by atoms with van der Waals surface area (Å²) in [7, 11) is 0. The van der Waals surface area contributed by atoms with Crippen LogP contribution in [0.2, 0.25) is 0 Å². The van der Waals surface area contributed by atoms with E-state index >= 15 is 0 Å². The Morgan fingerprint density at radius 2 is 1.27 bits per heavy atom. The number of hydrogen-bond acceptors (Lipinski definition) is 2. The molecule has 0 N–H and O–H groups in total. The largest absolute Gasteiger partial charge is 0.459 e. The topological polar surface area (TPSA) is 26.3 Å². The number of carbonyl (C=O) groups excluding carboxylic acids is 1. The molecule has 4 aromatic rings. The van der Waals surface area contributed by atoms with Crippen LogP contribution in [0, 0.1) is 11.8 Å². The van der Waals surface area contributed by atoms with E-state index in [1.54, 1.807) is 12.1 Å². The van der Waals surface area contributed by atoms with Crippen molar-refractivity contribution >= 4 is 16.7 Å². The summed E-state index contributed by atoms with van der Waals surface area (Å²) in [5.74, 6) is 6.18. The van der Waals surface area contributed by atoms with Gasteiger partial charge in [0, 0.05) is 11.1 Å². The van der Waals surface area contributed by atoms with Gasteiger partial charge in [-0.2, -0.15) is 0 Å². The van der Waals surface area contributed by atoms with Crippen molar-refractivity contribution in [2.24, 2.45) is 0 Å². The molecule has 33 heavy (non-hydrogen) atoms. The monoisotopic (exact) mass is 430 g/mol. The summed E-state index contributed by atoms with van der Waals surface area (Å²) in [5, 5.41) is 2.49. The van der Waals surface area contributed by atoms with Crippen LogP contribution in [0.3, 0.4) is 0 Å². The molecule has 0 unspecified atom stereocenters. The van der Waals surface area contributed by atoms with E-state index in [9.17, 15) is 4.79 Å². The minimum absolute atomic E-state index is 0.0725. The van der Waals surface area contributed by atoms with Gasteiger partial charge in [0.25, 0.3) is 0 Å². The SMILES string of the molecule is O=C(OC1CCCCC1)c1ccc(C#Cc2ccc(-c3ccc4ccccc4c3)cc2)cc1. The average Bonchev–Trinajstić information content (AvgIpc) is 2.88. The van der Waals surface area contributed by atoms with Crippen LogP contribution >= 0.6 is 0 Å². The van der Waals surface area contributed by atoms with Crippen molar-refractivity contribution in [3.63, 3.8) is 0 Å². The molecule has 0 radical (unpaired) electrons. The Bertz CT molecular complexity index is 1320. The molecular weight excluding hydrogens is 404 g/mol. The number of esters is 1. The van der Waals surface area contributed by atoms with Gasteiger partial charge in [0.05, 0.1) is 5.56 Å². The number of hydrogen-bond donors (Lipinski definition) is 0. The zero-order valence-corrected chi connectivity index (χ0v) is 18.6. The van der Waals surface area contributed by atoms with Gasteiger partial charge in [-0.15, -0.1) is 0 Å². The van der Waals surface area contributed by atoms with Crippen LogP contribution in [0.4, 0.5) is 0 Å². The van der Waals surface area contributed by atoms with Crippen molar-refractivity contribution in [2.75, 3.05) is 0 Å². The molecule has 5 rings (SSSR count). The maximum Gasteiger partial charge on any atom is 0.338 e. The van der Waals surface area contributed by atoms with Gasteiger partial charge in [0.15, 0.2) is 0 Å². The fourth-order valence-corrected chi connectivity index (χ4v) is 4.35. The van der Waals surface area contributed by atoms with Gasteiger partial charge in [0.1, 0.15) is 6.10 Å². The molecule has 2 nitrogen and oxygen atoms in total. The molecule has 0 bridgehead atoms. The normalized spacial score (nSPS) is 13.8.